The van der Waals surface area contributed by atoms with Crippen molar-refractivity contribution in [1.29, 1.82) is 0 Å². The highest BCUT2D eigenvalue weighted by Gasteiger charge is 2.19. The van der Waals surface area contributed by atoms with Crippen LogP contribution in [0.2, 0.25) is 5.02 Å². The van der Waals surface area contributed by atoms with Gasteiger partial charge in [0.1, 0.15) is 0 Å². The van der Waals surface area contributed by atoms with E-state index >= 15 is 0 Å². The van der Waals surface area contributed by atoms with Crippen LogP contribution in [-0.4, -0.2) is 20.8 Å². The molecule has 0 amide bonds. The van der Waals surface area contributed by atoms with Gasteiger partial charge >= 0.3 is 0 Å². The molecule has 1 aromatic carbocycles. The number of nitrogens with two attached hydrogens (primary N) is 1. The largest absolute Gasteiger partial charge is 0.493 e. The summed E-state index contributed by atoms with van der Waals surface area (Å²) in [4.78, 5) is 0. The highest BCUT2D eigenvalue weighted by atomic mass is 35.5. The van der Waals surface area contributed by atoms with Crippen LogP contribution in [0, 0.1) is 6.92 Å². The maximum Gasteiger partial charge on any atom is 0.179 e. The molecule has 0 heterocycles. The summed E-state index contributed by atoms with van der Waals surface area (Å²) in [5.74, 6) is 1.43. The van der Waals surface area contributed by atoms with Gasteiger partial charge in [0.25, 0.3) is 0 Å². The monoisotopic (exact) mass is 243 g/mol. The average Bonchev–Trinajstić information content (AvgIpc) is 2.27. The molecule has 0 aromatic heterocycles. The smallest absolute Gasteiger partial charge is 0.179 e. The highest BCUT2D eigenvalue weighted by Crippen LogP contribution is 2.41. The normalized spacial score (nSPS) is 12.4. The van der Waals surface area contributed by atoms with E-state index < -0.39 is 0 Å². The maximum absolute atomic E-state index is 6.31. The molecule has 0 aliphatic rings. The summed E-state index contributed by atoms with van der Waals surface area (Å²) >= 11 is 6.31. The third-order valence-electron chi connectivity index (χ3n) is 2.70. The van der Waals surface area contributed by atoms with Crippen LogP contribution in [0.5, 0.6) is 11.5 Å². The molecule has 0 bridgehead atoms. The summed E-state index contributed by atoms with van der Waals surface area (Å²) in [5.41, 5.74) is 7.77. The molecule has 4 heteroatoms. The maximum atomic E-state index is 6.31. The molecule has 0 radical (unpaired) electrons. The first-order valence-electron chi connectivity index (χ1n) is 5.17. The van der Waals surface area contributed by atoms with Crippen LogP contribution in [0.25, 0.3) is 0 Å². The Morgan fingerprint density at radius 3 is 2.44 bits per heavy atom. The Kier molecular flexibility index (Phi) is 4.44. The van der Waals surface area contributed by atoms with Crippen LogP contribution in [0.15, 0.2) is 6.07 Å². The lowest BCUT2D eigenvalue weighted by Crippen LogP contribution is -2.11. The Morgan fingerprint density at radius 1 is 1.38 bits per heavy atom. The number of hydrogen-bond acceptors (Lipinski definition) is 3. The number of hydrogen-bond donors (Lipinski definition) is 1. The van der Waals surface area contributed by atoms with Crippen molar-refractivity contribution in [1.82, 2.24) is 0 Å². The quantitative estimate of drug-likeness (QED) is 0.885. The van der Waals surface area contributed by atoms with E-state index in [2.05, 4.69) is 0 Å². The zero-order valence-corrected chi connectivity index (χ0v) is 10.9. The molecule has 3 nitrogen and oxygen atoms in total. The lowest BCUT2D eigenvalue weighted by Gasteiger charge is -2.19. The van der Waals surface area contributed by atoms with Gasteiger partial charge in [0, 0.05) is 0 Å². The fourth-order valence-corrected chi connectivity index (χ4v) is 2.31. The number of ether oxygens (including phenoxy) is 2. The number of benzene rings is 1. The van der Waals surface area contributed by atoms with Gasteiger partial charge in [-0.1, -0.05) is 18.5 Å². The first-order chi connectivity index (χ1) is 7.56. The number of rotatable bonds is 4. The summed E-state index contributed by atoms with van der Waals surface area (Å²) in [7, 11) is 3.18. The molecule has 16 heavy (non-hydrogen) atoms. The highest BCUT2D eigenvalue weighted by molar-refractivity contribution is 6.33. The van der Waals surface area contributed by atoms with Gasteiger partial charge < -0.3 is 15.2 Å². The van der Waals surface area contributed by atoms with Crippen molar-refractivity contribution in [2.24, 2.45) is 5.73 Å². The number of aryl methyl sites for hydroxylation is 1. The van der Waals surface area contributed by atoms with Crippen LogP contribution < -0.4 is 15.2 Å². The topological polar surface area (TPSA) is 44.5 Å². The SMILES string of the molecule is COc1cc(C)c(C(C)CN)c(Cl)c1OC. The first kappa shape index (κ1) is 13.1. The van der Waals surface area contributed by atoms with Gasteiger partial charge in [0.2, 0.25) is 0 Å². The summed E-state index contributed by atoms with van der Waals surface area (Å²) in [5, 5.41) is 0.595. The molecule has 1 unspecified atom stereocenters. The van der Waals surface area contributed by atoms with Gasteiger partial charge in [-0.25, -0.2) is 0 Å². The van der Waals surface area contributed by atoms with E-state index in [0.29, 0.717) is 23.1 Å². The molecule has 0 aliphatic carbocycles. The van der Waals surface area contributed by atoms with Crippen LogP contribution >= 0.6 is 11.6 Å². The lowest BCUT2D eigenvalue weighted by molar-refractivity contribution is 0.354. The Balaban J connectivity index is 3.40. The third-order valence-corrected chi connectivity index (χ3v) is 3.08. The Labute approximate surface area is 101 Å². The second kappa shape index (κ2) is 5.41. The zero-order chi connectivity index (χ0) is 12.3. The molecule has 1 atom stereocenters. The van der Waals surface area contributed by atoms with Crippen LogP contribution in [0.4, 0.5) is 0 Å². The van der Waals surface area contributed by atoms with E-state index in [4.69, 9.17) is 26.8 Å². The van der Waals surface area contributed by atoms with Crippen molar-refractivity contribution in [3.8, 4) is 11.5 Å². The average molecular weight is 244 g/mol. The Hall–Kier alpha value is -0.930. The van der Waals surface area contributed by atoms with E-state index in [-0.39, 0.29) is 5.92 Å². The summed E-state index contributed by atoms with van der Waals surface area (Å²) in [6.45, 7) is 4.59. The molecule has 1 rings (SSSR count). The van der Waals surface area contributed by atoms with Crippen molar-refractivity contribution in [2.45, 2.75) is 19.8 Å². The van der Waals surface area contributed by atoms with Gasteiger partial charge in [-0.3, -0.25) is 0 Å². The molecule has 0 saturated heterocycles. The predicted molar refractivity (Wildman–Crippen MR) is 66.8 cm³/mol. The minimum atomic E-state index is 0.201. The summed E-state index contributed by atoms with van der Waals surface area (Å²) in [6, 6.07) is 1.92. The van der Waals surface area contributed by atoms with Gasteiger partial charge in [-0.15, -0.1) is 0 Å². The van der Waals surface area contributed by atoms with E-state index in [1.807, 2.05) is 19.9 Å². The van der Waals surface area contributed by atoms with Crippen LogP contribution in [0.1, 0.15) is 24.0 Å². The molecule has 0 saturated carbocycles. The van der Waals surface area contributed by atoms with Crippen molar-refractivity contribution in [2.75, 3.05) is 20.8 Å². The zero-order valence-electron chi connectivity index (χ0n) is 10.1. The van der Waals surface area contributed by atoms with Crippen LogP contribution in [-0.2, 0) is 0 Å². The minimum Gasteiger partial charge on any atom is -0.493 e. The fraction of sp³-hybridized carbons (Fsp3) is 0.500. The molecular formula is C12H18ClNO2. The predicted octanol–water partition coefficient (Wildman–Crippen LogP) is 2.73. The molecular weight excluding hydrogens is 226 g/mol. The van der Waals surface area contributed by atoms with Crippen molar-refractivity contribution < 1.29 is 9.47 Å². The number of halogens is 1. The van der Waals surface area contributed by atoms with Crippen molar-refractivity contribution >= 4 is 11.6 Å². The van der Waals surface area contributed by atoms with E-state index in [0.717, 1.165) is 11.1 Å². The minimum absolute atomic E-state index is 0.201. The van der Waals surface area contributed by atoms with E-state index in [1.165, 1.54) is 0 Å². The van der Waals surface area contributed by atoms with Gasteiger partial charge in [-0.2, -0.15) is 0 Å². The lowest BCUT2D eigenvalue weighted by atomic mass is 9.95. The molecule has 0 spiro atoms. The molecule has 0 fully saturated rings. The van der Waals surface area contributed by atoms with E-state index in [9.17, 15) is 0 Å². The van der Waals surface area contributed by atoms with Gasteiger partial charge in [-0.05, 0) is 36.6 Å². The molecule has 2 N–H and O–H groups in total. The van der Waals surface area contributed by atoms with Crippen molar-refractivity contribution in [3.05, 3.63) is 22.2 Å². The molecule has 0 aliphatic heterocycles. The standard InChI is InChI=1S/C12H18ClNO2/c1-7-5-9(15-3)12(16-4)11(13)10(7)8(2)6-14/h5,8H,6,14H2,1-4H3. The summed E-state index contributed by atoms with van der Waals surface area (Å²) < 4.78 is 10.5. The Morgan fingerprint density at radius 2 is 2.00 bits per heavy atom. The molecule has 90 valence electrons. The van der Waals surface area contributed by atoms with E-state index in [1.54, 1.807) is 14.2 Å². The van der Waals surface area contributed by atoms with Crippen molar-refractivity contribution in [3.63, 3.8) is 0 Å². The Bertz CT molecular complexity index is 380. The van der Waals surface area contributed by atoms with Gasteiger partial charge in [0.05, 0.1) is 19.2 Å². The molecule has 1 aromatic rings. The number of methoxy groups -OCH3 is 2. The second-order valence-electron chi connectivity index (χ2n) is 3.79. The third kappa shape index (κ3) is 2.25. The fourth-order valence-electron chi connectivity index (χ4n) is 1.81. The van der Waals surface area contributed by atoms with Gasteiger partial charge in [0.15, 0.2) is 11.5 Å². The van der Waals surface area contributed by atoms with Crippen LogP contribution in [0.3, 0.4) is 0 Å². The summed E-state index contributed by atoms with van der Waals surface area (Å²) in [6.07, 6.45) is 0. The second-order valence-corrected chi connectivity index (χ2v) is 4.17. The first-order valence-corrected chi connectivity index (χ1v) is 5.55.